The molecule has 0 saturated carbocycles. The molecule has 0 amide bonds. The molecule has 0 bridgehead atoms. The van der Waals surface area contributed by atoms with Gasteiger partial charge in [-0.05, 0) is 24.5 Å². The number of halogens is 3. The summed E-state index contributed by atoms with van der Waals surface area (Å²) in [6, 6.07) is 7.63. The van der Waals surface area contributed by atoms with Crippen LogP contribution in [0.2, 0.25) is 0 Å². The first kappa shape index (κ1) is 14.7. The number of Topliss-reactive ketones (excluding diaryl/α,β-unsaturated/α-hetero) is 1. The van der Waals surface area contributed by atoms with Crippen molar-refractivity contribution in [2.75, 3.05) is 0 Å². The Morgan fingerprint density at radius 1 is 1.30 bits per heavy atom. The zero-order valence-electron chi connectivity index (χ0n) is 10.7. The highest BCUT2D eigenvalue weighted by Crippen LogP contribution is 2.32. The minimum Gasteiger partial charge on any atom is -0.293 e. The second-order valence-corrected chi connectivity index (χ2v) is 5.41. The van der Waals surface area contributed by atoms with Crippen LogP contribution in [0.4, 0.5) is 13.2 Å². The Bertz CT molecular complexity index is 619. The standard InChI is InChI=1S/C14H12F3NOS/c1-9-4-2-3-5-10(9)6-7-11(19)12-8-18-13(20-12)14(15,16)17/h2-5,8H,6-7H2,1H3. The maximum Gasteiger partial charge on any atom is 0.443 e. The van der Waals surface area contributed by atoms with Gasteiger partial charge in [0.05, 0.1) is 4.88 Å². The van der Waals surface area contributed by atoms with Crippen molar-refractivity contribution in [3.63, 3.8) is 0 Å². The lowest BCUT2D eigenvalue weighted by molar-refractivity contribution is -0.137. The van der Waals surface area contributed by atoms with E-state index in [0.717, 1.165) is 17.3 Å². The Labute approximate surface area is 118 Å². The summed E-state index contributed by atoms with van der Waals surface area (Å²) in [6.45, 7) is 1.94. The highest BCUT2D eigenvalue weighted by atomic mass is 32.1. The summed E-state index contributed by atoms with van der Waals surface area (Å²) in [7, 11) is 0. The fraction of sp³-hybridized carbons (Fsp3) is 0.286. The number of aryl methyl sites for hydroxylation is 2. The van der Waals surface area contributed by atoms with E-state index in [9.17, 15) is 18.0 Å². The van der Waals surface area contributed by atoms with Crippen LogP contribution in [0.15, 0.2) is 30.5 Å². The van der Waals surface area contributed by atoms with Crippen LogP contribution in [0.3, 0.4) is 0 Å². The zero-order valence-corrected chi connectivity index (χ0v) is 11.5. The van der Waals surface area contributed by atoms with Gasteiger partial charge in [0.2, 0.25) is 0 Å². The first-order valence-electron chi connectivity index (χ1n) is 5.98. The summed E-state index contributed by atoms with van der Waals surface area (Å²) >= 11 is 0.402. The van der Waals surface area contributed by atoms with Crippen molar-refractivity contribution in [1.82, 2.24) is 4.98 Å². The van der Waals surface area contributed by atoms with Crippen LogP contribution in [-0.4, -0.2) is 10.8 Å². The lowest BCUT2D eigenvalue weighted by Gasteiger charge is -2.03. The number of carbonyl (C=O) groups excluding carboxylic acids is 1. The molecule has 2 nitrogen and oxygen atoms in total. The molecule has 0 saturated heterocycles. The first-order chi connectivity index (χ1) is 9.38. The number of benzene rings is 1. The van der Waals surface area contributed by atoms with Crippen LogP contribution in [0, 0.1) is 6.92 Å². The number of ketones is 1. The van der Waals surface area contributed by atoms with Gasteiger partial charge in [-0.1, -0.05) is 24.3 Å². The molecule has 0 radical (unpaired) electrons. The Morgan fingerprint density at radius 3 is 2.60 bits per heavy atom. The predicted molar refractivity (Wildman–Crippen MR) is 70.9 cm³/mol. The molecule has 6 heteroatoms. The average molecular weight is 299 g/mol. The summed E-state index contributed by atoms with van der Waals surface area (Å²) in [5.41, 5.74) is 2.10. The van der Waals surface area contributed by atoms with E-state index < -0.39 is 11.2 Å². The maximum absolute atomic E-state index is 12.4. The second-order valence-electron chi connectivity index (χ2n) is 4.38. The van der Waals surface area contributed by atoms with Crippen LogP contribution in [0.25, 0.3) is 0 Å². The minimum atomic E-state index is -4.49. The van der Waals surface area contributed by atoms with E-state index in [4.69, 9.17) is 0 Å². The van der Waals surface area contributed by atoms with Crippen molar-refractivity contribution in [2.45, 2.75) is 25.9 Å². The number of thiazole rings is 1. The Kier molecular flexibility index (Phi) is 4.23. The molecule has 1 aromatic heterocycles. The van der Waals surface area contributed by atoms with E-state index >= 15 is 0 Å². The molecule has 0 fully saturated rings. The minimum absolute atomic E-state index is 0.0610. The Balaban J connectivity index is 2.02. The van der Waals surface area contributed by atoms with Gasteiger partial charge in [0.25, 0.3) is 0 Å². The van der Waals surface area contributed by atoms with E-state index in [-0.39, 0.29) is 17.1 Å². The summed E-state index contributed by atoms with van der Waals surface area (Å²) in [6.07, 6.45) is -2.78. The molecule has 2 aromatic rings. The highest BCUT2D eigenvalue weighted by molar-refractivity contribution is 7.13. The number of hydrogen-bond donors (Lipinski definition) is 0. The zero-order chi connectivity index (χ0) is 14.8. The van der Waals surface area contributed by atoms with Gasteiger partial charge in [-0.3, -0.25) is 4.79 Å². The highest BCUT2D eigenvalue weighted by Gasteiger charge is 2.35. The van der Waals surface area contributed by atoms with Crippen LogP contribution in [-0.2, 0) is 12.6 Å². The molecule has 2 rings (SSSR count). The third kappa shape index (κ3) is 3.45. The van der Waals surface area contributed by atoms with Crippen molar-refractivity contribution < 1.29 is 18.0 Å². The molecule has 0 spiro atoms. The fourth-order valence-corrected chi connectivity index (χ4v) is 2.55. The van der Waals surface area contributed by atoms with Gasteiger partial charge in [0.15, 0.2) is 10.8 Å². The van der Waals surface area contributed by atoms with Crippen LogP contribution < -0.4 is 0 Å². The number of alkyl halides is 3. The maximum atomic E-state index is 12.4. The number of nitrogens with zero attached hydrogens (tertiary/aromatic N) is 1. The van der Waals surface area contributed by atoms with Crippen molar-refractivity contribution >= 4 is 17.1 Å². The van der Waals surface area contributed by atoms with Gasteiger partial charge >= 0.3 is 6.18 Å². The smallest absolute Gasteiger partial charge is 0.293 e. The monoisotopic (exact) mass is 299 g/mol. The molecule has 20 heavy (non-hydrogen) atoms. The third-order valence-corrected chi connectivity index (χ3v) is 3.99. The lowest BCUT2D eigenvalue weighted by Crippen LogP contribution is -2.03. The van der Waals surface area contributed by atoms with E-state index in [1.54, 1.807) is 0 Å². The van der Waals surface area contributed by atoms with Gasteiger partial charge in [0.1, 0.15) is 0 Å². The molecule has 0 aliphatic carbocycles. The topological polar surface area (TPSA) is 30.0 Å². The van der Waals surface area contributed by atoms with Crippen LogP contribution in [0.1, 0.15) is 32.2 Å². The predicted octanol–water partition coefficient (Wildman–Crippen LogP) is 4.29. The molecule has 0 aliphatic rings. The molecule has 0 N–H and O–H groups in total. The van der Waals surface area contributed by atoms with Crippen molar-refractivity contribution in [1.29, 1.82) is 0 Å². The number of hydrogen-bond acceptors (Lipinski definition) is 3. The van der Waals surface area contributed by atoms with Gasteiger partial charge < -0.3 is 0 Å². The van der Waals surface area contributed by atoms with E-state index in [2.05, 4.69) is 4.98 Å². The lowest BCUT2D eigenvalue weighted by atomic mass is 10.0. The van der Waals surface area contributed by atoms with E-state index in [1.165, 1.54) is 0 Å². The number of carbonyl (C=O) groups is 1. The first-order valence-corrected chi connectivity index (χ1v) is 6.80. The Morgan fingerprint density at radius 2 is 2.00 bits per heavy atom. The third-order valence-electron chi connectivity index (χ3n) is 2.91. The van der Waals surface area contributed by atoms with Crippen molar-refractivity contribution in [2.24, 2.45) is 0 Å². The number of aromatic nitrogens is 1. The van der Waals surface area contributed by atoms with Crippen molar-refractivity contribution in [3.8, 4) is 0 Å². The molecule has 0 atom stereocenters. The molecule has 0 aliphatic heterocycles. The number of rotatable bonds is 4. The van der Waals surface area contributed by atoms with Gasteiger partial charge in [-0.15, -0.1) is 11.3 Å². The summed E-state index contributed by atoms with van der Waals surface area (Å²) in [5, 5.41) is -0.975. The molecular formula is C14H12F3NOS. The van der Waals surface area contributed by atoms with Gasteiger partial charge in [-0.2, -0.15) is 13.2 Å². The van der Waals surface area contributed by atoms with E-state index in [1.807, 2.05) is 31.2 Å². The summed E-state index contributed by atoms with van der Waals surface area (Å²) < 4.78 is 37.2. The van der Waals surface area contributed by atoms with Gasteiger partial charge in [0, 0.05) is 12.6 Å². The SMILES string of the molecule is Cc1ccccc1CCC(=O)c1cnc(C(F)(F)F)s1. The normalized spacial score (nSPS) is 11.6. The quantitative estimate of drug-likeness (QED) is 0.788. The molecule has 106 valence electrons. The molecular weight excluding hydrogens is 287 g/mol. The second kappa shape index (κ2) is 5.75. The molecule has 1 heterocycles. The average Bonchev–Trinajstić information content (AvgIpc) is 2.87. The summed E-state index contributed by atoms with van der Waals surface area (Å²) in [4.78, 5) is 15.2. The van der Waals surface area contributed by atoms with Crippen LogP contribution in [0.5, 0.6) is 0 Å². The molecule has 1 aromatic carbocycles. The van der Waals surface area contributed by atoms with Gasteiger partial charge in [-0.25, -0.2) is 4.98 Å². The van der Waals surface area contributed by atoms with Crippen molar-refractivity contribution in [3.05, 3.63) is 51.5 Å². The van der Waals surface area contributed by atoms with E-state index in [0.29, 0.717) is 17.8 Å². The Hall–Kier alpha value is -1.69. The summed E-state index contributed by atoms with van der Waals surface area (Å²) in [5.74, 6) is -0.304. The molecule has 0 unspecified atom stereocenters. The van der Waals surface area contributed by atoms with Crippen LogP contribution >= 0.6 is 11.3 Å². The fourth-order valence-electron chi connectivity index (χ4n) is 1.80. The largest absolute Gasteiger partial charge is 0.443 e.